The maximum atomic E-state index is 5.97. The van der Waals surface area contributed by atoms with E-state index in [-0.39, 0.29) is 0 Å². The molecule has 0 aromatic carbocycles. The fourth-order valence-electron chi connectivity index (χ4n) is 1.53. The van der Waals surface area contributed by atoms with Crippen LogP contribution in [0.15, 0.2) is 0 Å². The highest BCUT2D eigenvalue weighted by Gasteiger charge is 2.26. The largest absolute Gasteiger partial charge is 0.394 e. The molecule has 0 aliphatic carbocycles. The lowest BCUT2D eigenvalue weighted by atomic mass is 10.1. The van der Waals surface area contributed by atoms with Gasteiger partial charge in [0, 0.05) is 40.6 Å². The first-order valence-corrected chi connectivity index (χ1v) is 9.98. The van der Waals surface area contributed by atoms with E-state index in [1.807, 2.05) is 0 Å². The van der Waals surface area contributed by atoms with E-state index in [0.29, 0.717) is 11.8 Å². The molecule has 0 heterocycles. The Balaban J connectivity index is 3.78. The molecule has 2 atom stereocenters. The Kier molecular flexibility index (Phi) is 10.8. The third kappa shape index (κ3) is 11.6. The predicted molar refractivity (Wildman–Crippen MR) is 80.7 cm³/mol. The summed E-state index contributed by atoms with van der Waals surface area (Å²) in [6.45, 7) is 11.7. The van der Waals surface area contributed by atoms with Gasteiger partial charge in [0.25, 0.3) is 0 Å². The van der Waals surface area contributed by atoms with Gasteiger partial charge in [0.05, 0.1) is 0 Å². The molecule has 0 aromatic heterocycles. The highest BCUT2D eigenvalue weighted by atomic mass is 28.4. The molecular formula is C14H32O4Si. The van der Waals surface area contributed by atoms with E-state index in [1.54, 1.807) is 14.2 Å². The molecule has 0 aliphatic rings. The van der Waals surface area contributed by atoms with Crippen LogP contribution in [0.5, 0.6) is 0 Å². The molecule has 0 N–H and O–H groups in total. The van der Waals surface area contributed by atoms with Crippen molar-refractivity contribution in [3.8, 4) is 0 Å². The van der Waals surface area contributed by atoms with Crippen LogP contribution < -0.4 is 0 Å². The SMILES string of the molecule is COCCC(C)CO[Si](C)(C)OCC(C)CCOC. The molecule has 0 amide bonds. The van der Waals surface area contributed by atoms with Crippen molar-refractivity contribution < 1.29 is 18.3 Å². The summed E-state index contributed by atoms with van der Waals surface area (Å²) in [5.74, 6) is 1.03. The summed E-state index contributed by atoms with van der Waals surface area (Å²) in [5.41, 5.74) is 0. The lowest BCUT2D eigenvalue weighted by molar-refractivity contribution is 0.113. The Bertz CT molecular complexity index is 192. The van der Waals surface area contributed by atoms with E-state index < -0.39 is 8.56 Å². The maximum Gasteiger partial charge on any atom is 0.331 e. The van der Waals surface area contributed by atoms with Gasteiger partial charge in [-0.3, -0.25) is 0 Å². The molecule has 0 spiro atoms. The summed E-state index contributed by atoms with van der Waals surface area (Å²) in [5, 5.41) is 0. The van der Waals surface area contributed by atoms with Gasteiger partial charge in [0.15, 0.2) is 0 Å². The van der Waals surface area contributed by atoms with E-state index in [2.05, 4.69) is 26.9 Å². The first kappa shape index (κ1) is 19.1. The standard InChI is InChI=1S/C14H32O4Si/c1-13(7-9-15-3)11-17-19(5,6)18-12-14(2)8-10-16-4/h13-14H,7-12H2,1-6H3. The van der Waals surface area contributed by atoms with Crippen molar-refractivity contribution in [2.75, 3.05) is 40.6 Å². The van der Waals surface area contributed by atoms with Crippen molar-refractivity contribution in [2.45, 2.75) is 39.8 Å². The second-order valence-electron chi connectivity index (χ2n) is 5.80. The molecule has 0 saturated carbocycles. The number of rotatable bonds is 12. The van der Waals surface area contributed by atoms with Gasteiger partial charge in [0.2, 0.25) is 0 Å². The first-order valence-electron chi connectivity index (χ1n) is 7.17. The molecule has 4 nitrogen and oxygen atoms in total. The first-order chi connectivity index (χ1) is 8.91. The van der Waals surface area contributed by atoms with Crippen molar-refractivity contribution in [2.24, 2.45) is 11.8 Å². The van der Waals surface area contributed by atoms with Gasteiger partial charge < -0.3 is 18.3 Å². The molecule has 0 aliphatic heterocycles. The molecule has 0 rings (SSSR count). The average molecular weight is 292 g/mol. The van der Waals surface area contributed by atoms with Gasteiger partial charge in [-0.2, -0.15) is 0 Å². The van der Waals surface area contributed by atoms with Crippen LogP contribution in [0, 0.1) is 11.8 Å². The minimum absolute atomic E-state index is 0.515. The highest BCUT2D eigenvalue weighted by molar-refractivity contribution is 6.64. The molecule has 0 radical (unpaired) electrons. The fourth-order valence-corrected chi connectivity index (χ4v) is 2.99. The normalized spacial score (nSPS) is 15.5. The lowest BCUT2D eigenvalue weighted by Gasteiger charge is -2.26. The average Bonchev–Trinajstić information content (AvgIpc) is 2.38. The van der Waals surface area contributed by atoms with Gasteiger partial charge in [-0.1, -0.05) is 13.8 Å². The van der Waals surface area contributed by atoms with Crippen molar-refractivity contribution in [1.29, 1.82) is 0 Å². The fraction of sp³-hybridized carbons (Fsp3) is 1.00. The third-order valence-corrected chi connectivity index (χ3v) is 4.78. The van der Waals surface area contributed by atoms with E-state index in [4.69, 9.17) is 18.3 Å². The molecule has 5 heteroatoms. The van der Waals surface area contributed by atoms with Crippen LogP contribution in [-0.2, 0) is 18.3 Å². The van der Waals surface area contributed by atoms with Crippen LogP contribution in [-0.4, -0.2) is 49.2 Å². The summed E-state index contributed by atoms with van der Waals surface area (Å²) in [7, 11) is 1.48. The minimum atomic E-state index is -1.99. The molecular weight excluding hydrogens is 260 g/mol. The van der Waals surface area contributed by atoms with Gasteiger partial charge in [-0.05, 0) is 37.8 Å². The Morgan fingerprint density at radius 3 is 1.47 bits per heavy atom. The minimum Gasteiger partial charge on any atom is -0.394 e. The van der Waals surface area contributed by atoms with Crippen LogP contribution in [0.4, 0.5) is 0 Å². The molecule has 0 bridgehead atoms. The molecule has 0 aromatic rings. The predicted octanol–water partition coefficient (Wildman–Crippen LogP) is 3.07. The van der Waals surface area contributed by atoms with Crippen LogP contribution in [0.2, 0.25) is 13.1 Å². The lowest BCUT2D eigenvalue weighted by Crippen LogP contribution is -2.37. The zero-order chi connectivity index (χ0) is 14.7. The Morgan fingerprint density at radius 2 is 1.16 bits per heavy atom. The van der Waals surface area contributed by atoms with Gasteiger partial charge in [-0.25, -0.2) is 0 Å². The van der Waals surface area contributed by atoms with Crippen molar-refractivity contribution in [3.05, 3.63) is 0 Å². The topological polar surface area (TPSA) is 36.9 Å². The molecule has 116 valence electrons. The summed E-state index contributed by atoms with van der Waals surface area (Å²) >= 11 is 0. The number of ether oxygens (including phenoxy) is 2. The van der Waals surface area contributed by atoms with Crippen LogP contribution in [0.1, 0.15) is 26.7 Å². The molecule has 0 fully saturated rings. The molecule has 0 saturated heterocycles. The van der Waals surface area contributed by atoms with Crippen LogP contribution in [0.3, 0.4) is 0 Å². The summed E-state index contributed by atoms with van der Waals surface area (Å²) < 4.78 is 22.1. The van der Waals surface area contributed by atoms with Crippen LogP contribution >= 0.6 is 0 Å². The van der Waals surface area contributed by atoms with E-state index >= 15 is 0 Å². The highest BCUT2D eigenvalue weighted by Crippen LogP contribution is 2.13. The van der Waals surface area contributed by atoms with Gasteiger partial charge in [0.1, 0.15) is 0 Å². The maximum absolute atomic E-state index is 5.97. The van der Waals surface area contributed by atoms with Crippen molar-refractivity contribution >= 4 is 8.56 Å². The monoisotopic (exact) mass is 292 g/mol. The summed E-state index contributed by atoms with van der Waals surface area (Å²) in [6, 6.07) is 0. The van der Waals surface area contributed by atoms with E-state index in [9.17, 15) is 0 Å². The Morgan fingerprint density at radius 1 is 0.789 bits per heavy atom. The number of hydrogen-bond donors (Lipinski definition) is 0. The van der Waals surface area contributed by atoms with Crippen molar-refractivity contribution in [1.82, 2.24) is 0 Å². The van der Waals surface area contributed by atoms with Crippen LogP contribution in [0.25, 0.3) is 0 Å². The second kappa shape index (κ2) is 10.8. The van der Waals surface area contributed by atoms with E-state index in [1.165, 1.54) is 0 Å². The quantitative estimate of drug-likeness (QED) is 0.518. The Hall–Kier alpha value is 0.0569. The summed E-state index contributed by atoms with van der Waals surface area (Å²) in [4.78, 5) is 0. The molecule has 19 heavy (non-hydrogen) atoms. The van der Waals surface area contributed by atoms with E-state index in [0.717, 1.165) is 39.3 Å². The van der Waals surface area contributed by atoms with Crippen molar-refractivity contribution in [3.63, 3.8) is 0 Å². The third-order valence-electron chi connectivity index (χ3n) is 3.06. The summed E-state index contributed by atoms with van der Waals surface area (Å²) in [6.07, 6.45) is 2.07. The zero-order valence-electron chi connectivity index (χ0n) is 13.5. The Labute approximate surface area is 120 Å². The number of methoxy groups -OCH3 is 2. The van der Waals surface area contributed by atoms with Gasteiger partial charge in [-0.15, -0.1) is 0 Å². The number of hydrogen-bond acceptors (Lipinski definition) is 4. The van der Waals surface area contributed by atoms with Gasteiger partial charge >= 0.3 is 8.56 Å². The zero-order valence-corrected chi connectivity index (χ0v) is 14.5. The molecule has 2 unspecified atom stereocenters. The smallest absolute Gasteiger partial charge is 0.331 e. The second-order valence-corrected chi connectivity index (χ2v) is 9.17.